The van der Waals surface area contributed by atoms with Crippen molar-refractivity contribution in [2.45, 2.75) is 12.8 Å². The summed E-state index contributed by atoms with van der Waals surface area (Å²) in [5.41, 5.74) is 3.47. The van der Waals surface area contributed by atoms with Crippen LogP contribution in [0.2, 0.25) is 0 Å². The fraction of sp³-hybridized carbons (Fsp3) is 0.167. The monoisotopic (exact) mass is 171 g/mol. The van der Waals surface area contributed by atoms with Crippen molar-refractivity contribution >= 4 is 5.69 Å². The Morgan fingerprint density at radius 1 is 0.923 bits per heavy atom. The second-order valence-electron chi connectivity index (χ2n) is 3.30. The van der Waals surface area contributed by atoms with Crippen LogP contribution in [0.1, 0.15) is 12.8 Å². The summed E-state index contributed by atoms with van der Waals surface area (Å²) in [5, 5.41) is 0. The summed E-state index contributed by atoms with van der Waals surface area (Å²) >= 11 is 0. The second kappa shape index (κ2) is 3.09. The van der Waals surface area contributed by atoms with E-state index in [1.165, 1.54) is 5.69 Å². The number of allylic oxidation sites excluding steroid dienone is 2. The zero-order valence-electron chi connectivity index (χ0n) is 7.66. The van der Waals surface area contributed by atoms with Crippen LogP contribution >= 0.6 is 0 Å². The molecule has 1 aromatic carbocycles. The summed E-state index contributed by atoms with van der Waals surface area (Å²) in [6, 6.07) is 10.3. The Morgan fingerprint density at radius 3 is 2.00 bits per heavy atom. The van der Waals surface area contributed by atoms with E-state index in [0.29, 0.717) is 0 Å². The minimum Gasteiger partial charge on any atom is -0.319 e. The fourth-order valence-electron chi connectivity index (χ4n) is 1.68. The molecule has 0 unspecified atom stereocenters. The Kier molecular flexibility index (Phi) is 1.93. The summed E-state index contributed by atoms with van der Waals surface area (Å²) in [6.45, 7) is 8.05. The Hall–Kier alpha value is -1.50. The van der Waals surface area contributed by atoms with E-state index in [2.05, 4.69) is 30.2 Å². The van der Waals surface area contributed by atoms with Gasteiger partial charge in [-0.3, -0.25) is 0 Å². The third-order valence-corrected chi connectivity index (χ3v) is 2.35. The van der Waals surface area contributed by atoms with Gasteiger partial charge in [-0.2, -0.15) is 0 Å². The van der Waals surface area contributed by atoms with Crippen molar-refractivity contribution < 1.29 is 0 Å². The van der Waals surface area contributed by atoms with Gasteiger partial charge in [0.05, 0.1) is 0 Å². The van der Waals surface area contributed by atoms with Crippen molar-refractivity contribution in [3.63, 3.8) is 0 Å². The van der Waals surface area contributed by atoms with Crippen LogP contribution in [0.5, 0.6) is 0 Å². The molecule has 0 bridgehead atoms. The molecule has 1 fully saturated rings. The van der Waals surface area contributed by atoms with Crippen LogP contribution < -0.4 is 4.90 Å². The zero-order chi connectivity index (χ0) is 9.26. The van der Waals surface area contributed by atoms with Gasteiger partial charge in [-0.25, -0.2) is 0 Å². The van der Waals surface area contributed by atoms with Gasteiger partial charge in [-0.1, -0.05) is 31.4 Å². The lowest BCUT2D eigenvalue weighted by Crippen LogP contribution is -2.12. The van der Waals surface area contributed by atoms with Crippen LogP contribution in [0.4, 0.5) is 5.69 Å². The highest BCUT2D eigenvalue weighted by Crippen LogP contribution is 2.33. The highest BCUT2D eigenvalue weighted by Gasteiger charge is 2.19. The van der Waals surface area contributed by atoms with Gasteiger partial charge in [0, 0.05) is 17.1 Å². The van der Waals surface area contributed by atoms with E-state index in [9.17, 15) is 0 Å². The largest absolute Gasteiger partial charge is 0.319 e. The maximum Gasteiger partial charge on any atom is 0.0454 e. The van der Waals surface area contributed by atoms with Crippen molar-refractivity contribution in [2.24, 2.45) is 0 Å². The van der Waals surface area contributed by atoms with E-state index in [4.69, 9.17) is 0 Å². The Morgan fingerprint density at radius 2 is 1.46 bits per heavy atom. The third kappa shape index (κ3) is 1.37. The van der Waals surface area contributed by atoms with Crippen LogP contribution in [0.25, 0.3) is 0 Å². The van der Waals surface area contributed by atoms with E-state index >= 15 is 0 Å². The highest BCUT2D eigenvalue weighted by molar-refractivity contribution is 5.59. The normalized spacial score (nSPS) is 16.8. The summed E-state index contributed by atoms with van der Waals surface area (Å²) in [7, 11) is 0. The molecule has 1 aromatic rings. The number of para-hydroxylation sites is 1. The van der Waals surface area contributed by atoms with Gasteiger partial charge in [-0.05, 0) is 25.0 Å². The molecule has 0 saturated carbocycles. The lowest BCUT2D eigenvalue weighted by Gasteiger charge is -2.20. The molecular formula is C12H13N. The third-order valence-electron chi connectivity index (χ3n) is 2.35. The molecule has 0 N–H and O–H groups in total. The molecule has 0 amide bonds. The molecule has 1 aliphatic rings. The predicted octanol–water partition coefficient (Wildman–Crippen LogP) is 3.31. The Labute approximate surface area is 79.0 Å². The van der Waals surface area contributed by atoms with Crippen LogP contribution in [0, 0.1) is 0 Å². The number of hydrogen-bond acceptors (Lipinski definition) is 1. The van der Waals surface area contributed by atoms with Crippen molar-refractivity contribution in [1.29, 1.82) is 0 Å². The van der Waals surface area contributed by atoms with E-state index in [1.807, 2.05) is 18.2 Å². The fourth-order valence-corrected chi connectivity index (χ4v) is 1.68. The van der Waals surface area contributed by atoms with Crippen molar-refractivity contribution in [3.05, 3.63) is 54.9 Å². The molecule has 0 atom stereocenters. The number of anilines is 1. The van der Waals surface area contributed by atoms with E-state index < -0.39 is 0 Å². The smallest absolute Gasteiger partial charge is 0.0454 e. The number of hydrogen-bond donors (Lipinski definition) is 0. The van der Waals surface area contributed by atoms with Gasteiger partial charge in [-0.15, -0.1) is 0 Å². The number of rotatable bonds is 1. The minimum atomic E-state index is 1.04. The van der Waals surface area contributed by atoms with Crippen LogP contribution in [-0.4, -0.2) is 0 Å². The summed E-state index contributed by atoms with van der Waals surface area (Å²) < 4.78 is 0. The van der Waals surface area contributed by atoms with E-state index in [-0.39, 0.29) is 0 Å². The standard InChI is InChI=1S/C12H13N/c1-10-8-9-11(2)13(10)12-6-4-3-5-7-12/h3-7H,1-2,8-9H2. The first-order chi connectivity index (χ1) is 6.29. The second-order valence-corrected chi connectivity index (χ2v) is 3.30. The Balaban J connectivity index is 2.36. The molecule has 2 rings (SSSR count). The quantitative estimate of drug-likeness (QED) is 0.626. The molecule has 0 spiro atoms. The molecule has 13 heavy (non-hydrogen) atoms. The predicted molar refractivity (Wildman–Crippen MR) is 56.4 cm³/mol. The molecule has 1 heterocycles. The first-order valence-electron chi connectivity index (χ1n) is 4.50. The van der Waals surface area contributed by atoms with Gasteiger partial charge in [0.15, 0.2) is 0 Å². The highest BCUT2D eigenvalue weighted by atomic mass is 15.2. The van der Waals surface area contributed by atoms with Crippen molar-refractivity contribution in [3.8, 4) is 0 Å². The topological polar surface area (TPSA) is 3.24 Å². The molecular weight excluding hydrogens is 158 g/mol. The minimum absolute atomic E-state index is 1.04. The molecule has 0 radical (unpaired) electrons. The van der Waals surface area contributed by atoms with Crippen molar-refractivity contribution in [2.75, 3.05) is 4.90 Å². The molecule has 1 saturated heterocycles. The first kappa shape index (κ1) is 8.11. The van der Waals surface area contributed by atoms with Gasteiger partial charge in [0.25, 0.3) is 0 Å². The van der Waals surface area contributed by atoms with Crippen molar-refractivity contribution in [1.82, 2.24) is 0 Å². The summed E-state index contributed by atoms with van der Waals surface area (Å²) in [4.78, 5) is 2.14. The average molecular weight is 171 g/mol. The maximum atomic E-state index is 4.03. The summed E-state index contributed by atoms with van der Waals surface area (Å²) in [5.74, 6) is 0. The van der Waals surface area contributed by atoms with Crippen LogP contribution in [-0.2, 0) is 0 Å². The van der Waals surface area contributed by atoms with Crippen LogP contribution in [0.15, 0.2) is 54.9 Å². The molecule has 66 valence electrons. The van der Waals surface area contributed by atoms with E-state index in [0.717, 1.165) is 24.2 Å². The molecule has 1 heteroatoms. The van der Waals surface area contributed by atoms with Gasteiger partial charge in [0.1, 0.15) is 0 Å². The van der Waals surface area contributed by atoms with Gasteiger partial charge in [0.2, 0.25) is 0 Å². The number of benzene rings is 1. The molecule has 1 nitrogen and oxygen atoms in total. The number of nitrogens with zero attached hydrogens (tertiary/aromatic N) is 1. The maximum absolute atomic E-state index is 4.03. The molecule has 0 aromatic heterocycles. The summed E-state index contributed by atoms with van der Waals surface area (Å²) in [6.07, 6.45) is 2.07. The SMILES string of the molecule is C=C1CCC(=C)N1c1ccccc1. The van der Waals surface area contributed by atoms with E-state index in [1.54, 1.807) is 0 Å². The van der Waals surface area contributed by atoms with Gasteiger partial charge < -0.3 is 4.90 Å². The first-order valence-corrected chi connectivity index (χ1v) is 4.50. The zero-order valence-corrected chi connectivity index (χ0v) is 7.66. The van der Waals surface area contributed by atoms with Gasteiger partial charge >= 0.3 is 0 Å². The molecule has 1 aliphatic heterocycles. The van der Waals surface area contributed by atoms with Crippen LogP contribution in [0.3, 0.4) is 0 Å². The Bertz CT molecular complexity index is 321. The average Bonchev–Trinajstić information content (AvgIpc) is 2.48. The molecule has 0 aliphatic carbocycles. The lowest BCUT2D eigenvalue weighted by atomic mass is 10.3. The lowest BCUT2D eigenvalue weighted by molar-refractivity contribution is 1.06.